The van der Waals surface area contributed by atoms with Crippen LogP contribution in [0.1, 0.15) is 42.8 Å². The van der Waals surface area contributed by atoms with Gasteiger partial charge in [0.05, 0.1) is 7.11 Å². The Morgan fingerprint density at radius 2 is 1.97 bits per heavy atom. The summed E-state index contributed by atoms with van der Waals surface area (Å²) in [5, 5.41) is 3.08. The predicted octanol–water partition coefficient (Wildman–Crippen LogP) is 2.81. The summed E-state index contributed by atoms with van der Waals surface area (Å²) < 4.78 is 10.5. The fourth-order valence-corrected chi connectivity index (χ4v) is 3.87. The molecular weight excluding hydrogens is 368 g/mol. The number of ether oxygens (including phenoxy) is 2. The number of anilines is 1. The van der Waals surface area contributed by atoms with E-state index in [0.29, 0.717) is 24.9 Å². The maximum Gasteiger partial charge on any atom is 0.223 e. The Morgan fingerprint density at radius 1 is 1.21 bits per heavy atom. The molecule has 1 saturated carbocycles. The molecule has 1 aromatic carbocycles. The van der Waals surface area contributed by atoms with Crippen molar-refractivity contribution in [1.29, 1.82) is 0 Å². The lowest BCUT2D eigenvalue weighted by Gasteiger charge is -2.17. The molecule has 7 nitrogen and oxygen atoms in total. The normalized spacial score (nSPS) is 19.0. The molecule has 154 valence electrons. The number of fused-ring (bicyclic) bond motifs is 1. The molecule has 1 aliphatic carbocycles. The fraction of sp³-hybridized carbons (Fsp3) is 0.500. The Labute approximate surface area is 171 Å². The summed E-state index contributed by atoms with van der Waals surface area (Å²) in [7, 11) is 3.23. The lowest BCUT2D eigenvalue weighted by Crippen LogP contribution is -2.26. The van der Waals surface area contributed by atoms with Crippen LogP contribution in [0.4, 0.5) is 5.82 Å². The molecule has 0 unspecified atom stereocenters. The monoisotopic (exact) mass is 396 g/mol. The fourth-order valence-electron chi connectivity index (χ4n) is 3.87. The molecule has 0 spiro atoms. The molecule has 1 amide bonds. The van der Waals surface area contributed by atoms with Gasteiger partial charge in [-0.25, -0.2) is 4.98 Å². The van der Waals surface area contributed by atoms with Crippen molar-refractivity contribution in [2.75, 3.05) is 19.1 Å². The summed E-state index contributed by atoms with van der Waals surface area (Å²) in [4.78, 5) is 23.4. The molecule has 0 bridgehead atoms. The van der Waals surface area contributed by atoms with Crippen LogP contribution in [0.5, 0.6) is 5.88 Å². The number of hydrogen-bond acceptors (Lipinski definition) is 6. The van der Waals surface area contributed by atoms with Crippen molar-refractivity contribution in [3.05, 3.63) is 46.8 Å². The minimum atomic E-state index is 0.154. The summed E-state index contributed by atoms with van der Waals surface area (Å²) in [6.07, 6.45) is 0.978. The first-order valence-corrected chi connectivity index (χ1v) is 9.94. The Balaban J connectivity index is 1.43. The van der Waals surface area contributed by atoms with Crippen LogP contribution in [0.3, 0.4) is 0 Å². The summed E-state index contributed by atoms with van der Waals surface area (Å²) in [5.41, 5.74) is 3.81. The molecule has 2 heterocycles. The van der Waals surface area contributed by atoms with Gasteiger partial charge in [0.2, 0.25) is 11.8 Å². The van der Waals surface area contributed by atoms with Gasteiger partial charge in [0.25, 0.3) is 0 Å². The average molecular weight is 396 g/mol. The Hall–Kier alpha value is -2.67. The second-order valence-corrected chi connectivity index (χ2v) is 8.54. The van der Waals surface area contributed by atoms with Crippen molar-refractivity contribution in [3.63, 3.8) is 0 Å². The van der Waals surface area contributed by atoms with Crippen molar-refractivity contribution in [2.45, 2.75) is 46.5 Å². The maximum atomic E-state index is 12.3. The van der Waals surface area contributed by atoms with Gasteiger partial charge in [0.15, 0.2) is 5.82 Å². The number of aromatic nitrogens is 2. The summed E-state index contributed by atoms with van der Waals surface area (Å²) in [5.74, 6) is 2.27. The zero-order chi connectivity index (χ0) is 20.6. The van der Waals surface area contributed by atoms with Gasteiger partial charge in [-0.2, -0.15) is 4.98 Å². The van der Waals surface area contributed by atoms with Gasteiger partial charge in [0.1, 0.15) is 12.4 Å². The van der Waals surface area contributed by atoms with Crippen LogP contribution in [0.15, 0.2) is 24.3 Å². The highest BCUT2D eigenvalue weighted by molar-refractivity contribution is 5.82. The second-order valence-electron chi connectivity index (χ2n) is 8.54. The Morgan fingerprint density at radius 3 is 2.66 bits per heavy atom. The van der Waals surface area contributed by atoms with Crippen LogP contribution in [-0.4, -0.2) is 30.1 Å². The highest BCUT2D eigenvalue weighted by Crippen LogP contribution is 2.51. The van der Waals surface area contributed by atoms with E-state index in [1.54, 1.807) is 14.2 Å². The molecule has 2 aromatic rings. The maximum absolute atomic E-state index is 12.3. The van der Waals surface area contributed by atoms with E-state index in [1.807, 2.05) is 6.07 Å². The van der Waals surface area contributed by atoms with Crippen molar-refractivity contribution < 1.29 is 14.3 Å². The number of rotatable bonds is 7. The SMILES string of the molecule is COCc1nc(OC)cc(N2Cc3ccc(CNC(=O)[C@H]4CC4(C)C)cc3C2)n1. The van der Waals surface area contributed by atoms with Crippen LogP contribution >= 0.6 is 0 Å². The zero-order valence-electron chi connectivity index (χ0n) is 17.5. The van der Waals surface area contributed by atoms with Gasteiger partial charge in [-0.05, 0) is 28.5 Å². The molecule has 2 aliphatic rings. The first kappa shape index (κ1) is 19.6. The quantitative estimate of drug-likeness (QED) is 0.776. The molecule has 1 aliphatic heterocycles. The number of methoxy groups -OCH3 is 2. The standard InChI is InChI=1S/C22H28N4O3/c1-22(2)9-17(22)21(27)23-10-14-5-6-15-11-26(12-16(15)7-14)19-8-20(29-4)25-18(24-19)13-28-3/h5-8,17H,9-13H2,1-4H3,(H,23,27)/t17-/m1/s1. The Kier molecular flexibility index (Phi) is 5.17. The molecule has 1 fully saturated rings. The van der Waals surface area contributed by atoms with Crippen LogP contribution < -0.4 is 15.0 Å². The molecule has 0 radical (unpaired) electrons. The number of carbonyl (C=O) groups is 1. The highest BCUT2D eigenvalue weighted by Gasteiger charge is 2.50. The molecule has 1 N–H and O–H groups in total. The molecular formula is C22H28N4O3. The largest absolute Gasteiger partial charge is 0.481 e. The Bertz CT molecular complexity index is 928. The molecule has 7 heteroatoms. The predicted molar refractivity (Wildman–Crippen MR) is 109 cm³/mol. The lowest BCUT2D eigenvalue weighted by molar-refractivity contribution is -0.123. The molecule has 1 atom stereocenters. The summed E-state index contributed by atoms with van der Waals surface area (Å²) >= 11 is 0. The number of hydrogen-bond donors (Lipinski definition) is 1. The van der Waals surface area contributed by atoms with Gasteiger partial charge in [0, 0.05) is 38.7 Å². The summed E-state index contributed by atoms with van der Waals surface area (Å²) in [6.45, 7) is 6.73. The first-order valence-electron chi connectivity index (χ1n) is 9.94. The third kappa shape index (κ3) is 4.19. The number of nitrogens with zero attached hydrogens (tertiary/aromatic N) is 3. The van der Waals surface area contributed by atoms with Gasteiger partial charge < -0.3 is 19.7 Å². The third-order valence-electron chi connectivity index (χ3n) is 5.83. The van der Waals surface area contributed by atoms with E-state index < -0.39 is 0 Å². The topological polar surface area (TPSA) is 76.6 Å². The van der Waals surface area contributed by atoms with Crippen molar-refractivity contribution in [1.82, 2.24) is 15.3 Å². The zero-order valence-corrected chi connectivity index (χ0v) is 17.5. The van der Waals surface area contributed by atoms with E-state index >= 15 is 0 Å². The van der Waals surface area contributed by atoms with Crippen molar-refractivity contribution >= 4 is 11.7 Å². The number of nitrogens with one attached hydrogen (secondary N) is 1. The molecule has 1 aromatic heterocycles. The van der Waals surface area contributed by atoms with Gasteiger partial charge in [-0.1, -0.05) is 32.0 Å². The molecule has 29 heavy (non-hydrogen) atoms. The third-order valence-corrected chi connectivity index (χ3v) is 5.83. The number of amides is 1. The van der Waals surface area contributed by atoms with Crippen molar-refractivity contribution in [3.8, 4) is 5.88 Å². The van der Waals surface area contributed by atoms with Crippen LogP contribution in [0, 0.1) is 11.3 Å². The van der Waals surface area contributed by atoms with Gasteiger partial charge in [-0.3, -0.25) is 4.79 Å². The minimum Gasteiger partial charge on any atom is -0.481 e. The smallest absolute Gasteiger partial charge is 0.223 e. The van der Waals surface area contributed by atoms with E-state index in [2.05, 4.69) is 52.2 Å². The van der Waals surface area contributed by atoms with Gasteiger partial charge in [-0.15, -0.1) is 0 Å². The number of carbonyl (C=O) groups excluding carboxylic acids is 1. The average Bonchev–Trinajstić information content (AvgIpc) is 3.15. The summed E-state index contributed by atoms with van der Waals surface area (Å²) in [6, 6.07) is 8.27. The number of benzene rings is 1. The van der Waals surface area contributed by atoms with E-state index in [4.69, 9.17) is 9.47 Å². The van der Waals surface area contributed by atoms with E-state index in [0.717, 1.165) is 30.9 Å². The first-order chi connectivity index (χ1) is 13.9. The van der Waals surface area contributed by atoms with Crippen LogP contribution in [0.2, 0.25) is 0 Å². The lowest BCUT2D eigenvalue weighted by atomic mass is 10.1. The van der Waals surface area contributed by atoms with Gasteiger partial charge >= 0.3 is 0 Å². The second kappa shape index (κ2) is 7.63. The van der Waals surface area contributed by atoms with Crippen LogP contribution in [0.25, 0.3) is 0 Å². The van der Waals surface area contributed by atoms with E-state index in [-0.39, 0.29) is 17.2 Å². The molecule has 4 rings (SSSR count). The van der Waals surface area contributed by atoms with E-state index in [1.165, 1.54) is 11.1 Å². The molecule has 0 saturated heterocycles. The minimum absolute atomic E-state index is 0.154. The highest BCUT2D eigenvalue weighted by atomic mass is 16.5. The van der Waals surface area contributed by atoms with Crippen LogP contribution in [-0.2, 0) is 35.8 Å². The van der Waals surface area contributed by atoms with Crippen molar-refractivity contribution in [2.24, 2.45) is 11.3 Å². The van der Waals surface area contributed by atoms with E-state index in [9.17, 15) is 4.79 Å².